The molecule has 186 valence electrons. The maximum atomic E-state index is 13.1. The van der Waals surface area contributed by atoms with Crippen molar-refractivity contribution < 1.29 is 19.1 Å². The van der Waals surface area contributed by atoms with Crippen LogP contribution in [0.2, 0.25) is 0 Å². The number of nitrogens with one attached hydrogen (secondary N) is 1. The molecule has 3 amide bonds. The van der Waals surface area contributed by atoms with E-state index < -0.39 is 6.04 Å². The SMILES string of the molecule is CCOC(=O)N1CCN(C(=O)C(C)n2cc(NC(=O)c3cnn4c(C)cc(C)nc34)c(C)n2)CC1. The van der Waals surface area contributed by atoms with Crippen molar-refractivity contribution in [3.8, 4) is 0 Å². The third-order valence-corrected chi connectivity index (χ3v) is 6.06. The number of piperazine rings is 1. The standard InChI is InChI=1S/C23H30N8O4/c1-6-35-23(34)29-9-7-28(8-10-29)22(33)17(5)30-13-19(16(4)27-30)26-21(32)18-12-24-31-15(3)11-14(2)25-20(18)31/h11-13,17H,6-10H2,1-5H3,(H,26,32). The molecule has 0 spiro atoms. The molecule has 0 aromatic carbocycles. The van der Waals surface area contributed by atoms with E-state index in [1.807, 2.05) is 19.9 Å². The van der Waals surface area contributed by atoms with Gasteiger partial charge in [0.15, 0.2) is 5.65 Å². The Morgan fingerprint density at radius 1 is 1.11 bits per heavy atom. The maximum absolute atomic E-state index is 13.1. The van der Waals surface area contributed by atoms with E-state index in [2.05, 4.69) is 20.5 Å². The van der Waals surface area contributed by atoms with E-state index in [0.29, 0.717) is 55.4 Å². The highest BCUT2D eigenvalue weighted by Gasteiger charge is 2.29. The Kier molecular flexibility index (Phi) is 6.72. The average Bonchev–Trinajstić information content (AvgIpc) is 3.42. The maximum Gasteiger partial charge on any atom is 0.409 e. The van der Waals surface area contributed by atoms with Gasteiger partial charge in [-0.25, -0.2) is 14.3 Å². The lowest BCUT2D eigenvalue weighted by Crippen LogP contribution is -2.52. The third kappa shape index (κ3) is 4.81. The van der Waals surface area contributed by atoms with Gasteiger partial charge in [0, 0.05) is 43.8 Å². The summed E-state index contributed by atoms with van der Waals surface area (Å²) in [6, 6.07) is 1.32. The Bertz CT molecular complexity index is 1270. The van der Waals surface area contributed by atoms with E-state index in [9.17, 15) is 14.4 Å². The predicted octanol–water partition coefficient (Wildman–Crippen LogP) is 1.97. The second-order valence-electron chi connectivity index (χ2n) is 8.58. The summed E-state index contributed by atoms with van der Waals surface area (Å²) in [5, 5.41) is 11.6. The number of aryl methyl sites for hydroxylation is 3. The van der Waals surface area contributed by atoms with E-state index in [4.69, 9.17) is 4.74 Å². The summed E-state index contributed by atoms with van der Waals surface area (Å²) in [4.78, 5) is 45.7. The Morgan fingerprint density at radius 2 is 1.80 bits per heavy atom. The number of ether oxygens (including phenoxy) is 1. The Morgan fingerprint density at radius 3 is 2.49 bits per heavy atom. The molecule has 3 aromatic heterocycles. The normalized spacial score (nSPS) is 14.8. The van der Waals surface area contributed by atoms with Gasteiger partial charge >= 0.3 is 6.09 Å². The summed E-state index contributed by atoms with van der Waals surface area (Å²) in [7, 11) is 0. The van der Waals surface area contributed by atoms with Crippen molar-refractivity contribution in [1.29, 1.82) is 0 Å². The first-order chi connectivity index (χ1) is 16.7. The molecule has 0 bridgehead atoms. The van der Waals surface area contributed by atoms with Gasteiger partial charge in [0.2, 0.25) is 5.91 Å². The molecule has 0 radical (unpaired) electrons. The van der Waals surface area contributed by atoms with Gasteiger partial charge in [0.1, 0.15) is 11.6 Å². The highest BCUT2D eigenvalue weighted by Crippen LogP contribution is 2.20. The molecule has 4 rings (SSSR count). The second-order valence-corrected chi connectivity index (χ2v) is 8.58. The number of nitrogens with zero attached hydrogens (tertiary/aromatic N) is 7. The molecule has 1 fully saturated rings. The number of carbonyl (C=O) groups excluding carboxylic acids is 3. The monoisotopic (exact) mass is 482 g/mol. The molecule has 1 saturated heterocycles. The lowest BCUT2D eigenvalue weighted by atomic mass is 10.2. The minimum absolute atomic E-state index is 0.105. The topological polar surface area (TPSA) is 127 Å². The summed E-state index contributed by atoms with van der Waals surface area (Å²) < 4.78 is 8.20. The zero-order valence-corrected chi connectivity index (χ0v) is 20.6. The first-order valence-corrected chi connectivity index (χ1v) is 11.6. The first-order valence-electron chi connectivity index (χ1n) is 11.6. The largest absolute Gasteiger partial charge is 0.450 e. The van der Waals surface area contributed by atoms with Crippen LogP contribution in [0.1, 0.15) is 47.3 Å². The van der Waals surface area contributed by atoms with Crippen molar-refractivity contribution >= 4 is 29.2 Å². The molecule has 1 N–H and O–H groups in total. The molecule has 3 aromatic rings. The molecular formula is C23H30N8O4. The van der Waals surface area contributed by atoms with Crippen LogP contribution < -0.4 is 5.32 Å². The van der Waals surface area contributed by atoms with E-state index >= 15 is 0 Å². The highest BCUT2D eigenvalue weighted by atomic mass is 16.6. The van der Waals surface area contributed by atoms with Crippen LogP contribution in [0.25, 0.3) is 5.65 Å². The van der Waals surface area contributed by atoms with Gasteiger partial charge in [-0.15, -0.1) is 0 Å². The fourth-order valence-corrected chi connectivity index (χ4v) is 4.12. The Balaban J connectivity index is 1.43. The summed E-state index contributed by atoms with van der Waals surface area (Å²) >= 11 is 0. The van der Waals surface area contributed by atoms with E-state index in [1.54, 1.807) is 46.0 Å². The predicted molar refractivity (Wildman–Crippen MR) is 127 cm³/mol. The number of amides is 3. The van der Waals surface area contributed by atoms with E-state index in [1.165, 1.54) is 6.20 Å². The molecule has 4 heterocycles. The summed E-state index contributed by atoms with van der Waals surface area (Å²) in [6.07, 6.45) is 2.79. The molecular weight excluding hydrogens is 452 g/mol. The lowest BCUT2D eigenvalue weighted by Gasteiger charge is -2.35. The van der Waals surface area contributed by atoms with Crippen LogP contribution in [0, 0.1) is 20.8 Å². The van der Waals surface area contributed by atoms with Crippen LogP contribution >= 0.6 is 0 Å². The van der Waals surface area contributed by atoms with Gasteiger partial charge in [0.05, 0.1) is 24.2 Å². The van der Waals surface area contributed by atoms with E-state index in [-0.39, 0.29) is 17.9 Å². The zero-order chi connectivity index (χ0) is 25.3. The van der Waals surface area contributed by atoms with Gasteiger partial charge < -0.3 is 19.9 Å². The lowest BCUT2D eigenvalue weighted by molar-refractivity contribution is -0.136. The minimum Gasteiger partial charge on any atom is -0.450 e. The quantitative estimate of drug-likeness (QED) is 0.589. The van der Waals surface area contributed by atoms with Crippen LogP contribution in [0.4, 0.5) is 10.5 Å². The third-order valence-electron chi connectivity index (χ3n) is 6.06. The summed E-state index contributed by atoms with van der Waals surface area (Å²) in [6.45, 7) is 11.1. The number of rotatable bonds is 5. The number of fused-ring (bicyclic) bond motifs is 1. The van der Waals surface area contributed by atoms with Crippen LogP contribution in [0.3, 0.4) is 0 Å². The van der Waals surface area contributed by atoms with Gasteiger partial charge in [-0.2, -0.15) is 10.2 Å². The van der Waals surface area contributed by atoms with E-state index in [0.717, 1.165) is 11.4 Å². The number of aromatic nitrogens is 5. The van der Waals surface area contributed by atoms with Crippen molar-refractivity contribution in [1.82, 2.24) is 34.2 Å². The Hall–Kier alpha value is -3.96. The molecule has 1 atom stereocenters. The van der Waals surface area contributed by atoms with Crippen molar-refractivity contribution in [3.05, 3.63) is 41.1 Å². The second kappa shape index (κ2) is 9.72. The van der Waals surface area contributed by atoms with Crippen LogP contribution in [-0.2, 0) is 9.53 Å². The molecule has 35 heavy (non-hydrogen) atoms. The molecule has 12 nitrogen and oxygen atoms in total. The van der Waals surface area contributed by atoms with Crippen molar-refractivity contribution in [2.24, 2.45) is 0 Å². The average molecular weight is 483 g/mol. The van der Waals surface area contributed by atoms with Gasteiger partial charge in [-0.3, -0.25) is 14.3 Å². The van der Waals surface area contributed by atoms with Crippen LogP contribution in [0.5, 0.6) is 0 Å². The first kappa shape index (κ1) is 24.2. The fourth-order valence-electron chi connectivity index (χ4n) is 4.12. The fraction of sp³-hybridized carbons (Fsp3) is 0.478. The number of carbonyl (C=O) groups is 3. The minimum atomic E-state index is -0.572. The number of hydrogen-bond acceptors (Lipinski definition) is 7. The van der Waals surface area contributed by atoms with Gasteiger partial charge in [0.25, 0.3) is 5.91 Å². The molecule has 0 aliphatic carbocycles. The van der Waals surface area contributed by atoms with Crippen molar-refractivity contribution in [3.63, 3.8) is 0 Å². The van der Waals surface area contributed by atoms with Crippen LogP contribution in [-0.4, -0.2) is 84.9 Å². The van der Waals surface area contributed by atoms with Crippen LogP contribution in [0.15, 0.2) is 18.5 Å². The number of hydrogen-bond donors (Lipinski definition) is 1. The zero-order valence-electron chi connectivity index (χ0n) is 20.6. The molecule has 12 heteroatoms. The summed E-state index contributed by atoms with van der Waals surface area (Å²) in [5.41, 5.74) is 3.60. The summed E-state index contributed by atoms with van der Waals surface area (Å²) in [5.74, 6) is -0.458. The van der Waals surface area contributed by atoms with Gasteiger partial charge in [-0.05, 0) is 40.7 Å². The number of anilines is 1. The van der Waals surface area contributed by atoms with Crippen molar-refractivity contribution in [2.45, 2.75) is 40.7 Å². The molecule has 0 saturated carbocycles. The Labute approximate surface area is 202 Å². The molecule has 1 aliphatic rings. The van der Waals surface area contributed by atoms with Gasteiger partial charge in [-0.1, -0.05) is 0 Å². The molecule has 1 unspecified atom stereocenters. The van der Waals surface area contributed by atoms with Crippen molar-refractivity contribution in [2.75, 3.05) is 38.1 Å². The highest BCUT2D eigenvalue weighted by molar-refractivity contribution is 6.08. The smallest absolute Gasteiger partial charge is 0.409 e. The molecule has 1 aliphatic heterocycles.